The van der Waals surface area contributed by atoms with Crippen molar-refractivity contribution in [2.24, 2.45) is 0 Å². The highest BCUT2D eigenvalue weighted by Crippen LogP contribution is 2.29. The number of hydrogen-bond donors (Lipinski definition) is 3. The Hall–Kier alpha value is -0.160. The molecule has 1 fully saturated rings. The van der Waals surface area contributed by atoms with E-state index in [1.54, 1.807) is 13.8 Å². The highest BCUT2D eigenvalue weighted by molar-refractivity contribution is 4.97. The normalized spacial score (nSPS) is 51.5. The van der Waals surface area contributed by atoms with E-state index in [1.165, 1.54) is 0 Å². The van der Waals surface area contributed by atoms with Crippen molar-refractivity contribution in [3.05, 3.63) is 0 Å². The van der Waals surface area contributed by atoms with Gasteiger partial charge in [0.2, 0.25) is 0 Å². The molecule has 4 heteroatoms. The molecule has 66 valence electrons. The summed E-state index contributed by atoms with van der Waals surface area (Å²) in [5, 5.41) is 27.4. The Balaban J connectivity index is 2.73. The largest absolute Gasteiger partial charge is 0.393 e. The standard InChI is InChI=1S/C7H14O4/c1-4-5(9)6(10)7(2,3-8)11-4/h4-6,8-10H,3H2,1-2H3/t4-,5?,6?,7+/m0/s1. The molecule has 0 aromatic carbocycles. The van der Waals surface area contributed by atoms with Gasteiger partial charge in [-0.1, -0.05) is 0 Å². The fourth-order valence-electron chi connectivity index (χ4n) is 1.31. The summed E-state index contributed by atoms with van der Waals surface area (Å²) >= 11 is 0. The Bertz CT molecular complexity index is 149. The maximum atomic E-state index is 9.35. The second-order valence-corrected chi connectivity index (χ2v) is 3.23. The lowest BCUT2D eigenvalue weighted by Crippen LogP contribution is -2.43. The lowest BCUT2D eigenvalue weighted by molar-refractivity contribution is -0.0951. The number of hydrogen-bond acceptors (Lipinski definition) is 4. The first kappa shape index (κ1) is 8.93. The van der Waals surface area contributed by atoms with Crippen LogP contribution < -0.4 is 0 Å². The van der Waals surface area contributed by atoms with Crippen LogP contribution in [-0.2, 0) is 4.74 Å². The molecule has 4 atom stereocenters. The molecule has 0 spiro atoms. The zero-order chi connectivity index (χ0) is 8.65. The first-order valence-corrected chi connectivity index (χ1v) is 3.66. The van der Waals surface area contributed by atoms with Crippen LogP contribution in [0.2, 0.25) is 0 Å². The van der Waals surface area contributed by atoms with Gasteiger partial charge < -0.3 is 20.1 Å². The summed E-state index contributed by atoms with van der Waals surface area (Å²) in [6, 6.07) is 0. The van der Waals surface area contributed by atoms with Gasteiger partial charge in [-0.15, -0.1) is 0 Å². The molecule has 2 unspecified atom stereocenters. The first-order valence-electron chi connectivity index (χ1n) is 3.66. The van der Waals surface area contributed by atoms with E-state index in [0.29, 0.717) is 0 Å². The van der Waals surface area contributed by atoms with E-state index in [4.69, 9.17) is 9.84 Å². The lowest BCUT2D eigenvalue weighted by Gasteiger charge is -2.24. The highest BCUT2D eigenvalue weighted by Gasteiger charge is 2.48. The molecule has 0 saturated carbocycles. The molecule has 0 aromatic rings. The summed E-state index contributed by atoms with van der Waals surface area (Å²) in [5.41, 5.74) is -1.00. The van der Waals surface area contributed by atoms with E-state index in [9.17, 15) is 10.2 Å². The Morgan fingerprint density at radius 1 is 1.45 bits per heavy atom. The molecule has 0 radical (unpaired) electrons. The zero-order valence-electron chi connectivity index (χ0n) is 6.69. The van der Waals surface area contributed by atoms with Crippen LogP contribution in [0.5, 0.6) is 0 Å². The van der Waals surface area contributed by atoms with Crippen molar-refractivity contribution in [1.29, 1.82) is 0 Å². The molecule has 1 aliphatic heterocycles. The molecule has 11 heavy (non-hydrogen) atoms. The smallest absolute Gasteiger partial charge is 0.117 e. The summed E-state index contributed by atoms with van der Waals surface area (Å²) in [5.74, 6) is 0. The van der Waals surface area contributed by atoms with E-state index in [2.05, 4.69) is 0 Å². The first-order chi connectivity index (χ1) is 5.01. The third-order valence-corrected chi connectivity index (χ3v) is 2.20. The maximum Gasteiger partial charge on any atom is 0.117 e. The number of ether oxygens (including phenoxy) is 1. The summed E-state index contributed by atoms with van der Waals surface area (Å²) in [6.07, 6.45) is -2.31. The summed E-state index contributed by atoms with van der Waals surface area (Å²) in [7, 11) is 0. The third kappa shape index (κ3) is 1.27. The molecular formula is C7H14O4. The summed E-state index contributed by atoms with van der Waals surface area (Å²) < 4.78 is 5.17. The molecule has 0 aliphatic carbocycles. The zero-order valence-corrected chi connectivity index (χ0v) is 6.69. The minimum atomic E-state index is -1.00. The predicted octanol–water partition coefficient (Wildman–Crippen LogP) is -1.12. The summed E-state index contributed by atoms with van der Waals surface area (Å²) in [4.78, 5) is 0. The molecule has 1 aliphatic rings. The van der Waals surface area contributed by atoms with Crippen LogP contribution in [0.4, 0.5) is 0 Å². The van der Waals surface area contributed by atoms with Gasteiger partial charge >= 0.3 is 0 Å². The Kier molecular flexibility index (Phi) is 2.20. The topological polar surface area (TPSA) is 69.9 Å². The number of aliphatic hydroxyl groups is 3. The quantitative estimate of drug-likeness (QED) is 0.456. The van der Waals surface area contributed by atoms with Crippen LogP contribution >= 0.6 is 0 Å². The van der Waals surface area contributed by atoms with Gasteiger partial charge in [0.1, 0.15) is 17.8 Å². The van der Waals surface area contributed by atoms with Crippen molar-refractivity contribution in [3.63, 3.8) is 0 Å². The molecule has 1 saturated heterocycles. The second kappa shape index (κ2) is 2.71. The van der Waals surface area contributed by atoms with E-state index in [1.807, 2.05) is 0 Å². The minimum Gasteiger partial charge on any atom is -0.393 e. The van der Waals surface area contributed by atoms with Crippen LogP contribution in [0.3, 0.4) is 0 Å². The molecule has 4 nitrogen and oxygen atoms in total. The van der Waals surface area contributed by atoms with Gasteiger partial charge in [-0.25, -0.2) is 0 Å². The van der Waals surface area contributed by atoms with Crippen molar-refractivity contribution < 1.29 is 20.1 Å². The van der Waals surface area contributed by atoms with Crippen LogP contribution in [0.25, 0.3) is 0 Å². The van der Waals surface area contributed by atoms with Gasteiger partial charge in [0.15, 0.2) is 0 Å². The molecule has 1 heterocycles. The van der Waals surface area contributed by atoms with Crippen molar-refractivity contribution >= 4 is 0 Å². The van der Waals surface area contributed by atoms with Gasteiger partial charge in [0.05, 0.1) is 12.7 Å². The average Bonchev–Trinajstić information content (AvgIpc) is 2.17. The molecule has 3 N–H and O–H groups in total. The van der Waals surface area contributed by atoms with Gasteiger partial charge in [0.25, 0.3) is 0 Å². The molecule has 0 aromatic heterocycles. The van der Waals surface area contributed by atoms with E-state index in [-0.39, 0.29) is 6.61 Å². The monoisotopic (exact) mass is 162 g/mol. The molecule has 1 rings (SSSR count). The van der Waals surface area contributed by atoms with E-state index >= 15 is 0 Å². The van der Waals surface area contributed by atoms with Gasteiger partial charge in [-0.2, -0.15) is 0 Å². The van der Waals surface area contributed by atoms with Crippen LogP contribution in [-0.4, -0.2) is 45.8 Å². The molecule has 0 amide bonds. The van der Waals surface area contributed by atoms with Gasteiger partial charge in [0, 0.05) is 0 Å². The van der Waals surface area contributed by atoms with Crippen LogP contribution in [0.1, 0.15) is 13.8 Å². The Morgan fingerprint density at radius 3 is 2.18 bits per heavy atom. The predicted molar refractivity (Wildman–Crippen MR) is 38.1 cm³/mol. The second-order valence-electron chi connectivity index (χ2n) is 3.23. The summed E-state index contributed by atoms with van der Waals surface area (Å²) in [6.45, 7) is 2.95. The van der Waals surface area contributed by atoms with E-state index in [0.717, 1.165) is 0 Å². The average molecular weight is 162 g/mol. The van der Waals surface area contributed by atoms with Crippen LogP contribution in [0.15, 0.2) is 0 Å². The lowest BCUT2D eigenvalue weighted by atomic mass is 9.98. The fourth-order valence-corrected chi connectivity index (χ4v) is 1.31. The third-order valence-electron chi connectivity index (χ3n) is 2.20. The van der Waals surface area contributed by atoms with Crippen molar-refractivity contribution in [2.45, 2.75) is 37.8 Å². The number of rotatable bonds is 1. The van der Waals surface area contributed by atoms with Gasteiger partial charge in [-0.05, 0) is 13.8 Å². The van der Waals surface area contributed by atoms with E-state index < -0.39 is 23.9 Å². The molecule has 0 bridgehead atoms. The fraction of sp³-hybridized carbons (Fsp3) is 1.00. The van der Waals surface area contributed by atoms with Crippen molar-refractivity contribution in [2.75, 3.05) is 6.61 Å². The van der Waals surface area contributed by atoms with Crippen molar-refractivity contribution in [3.8, 4) is 0 Å². The van der Waals surface area contributed by atoms with Gasteiger partial charge in [-0.3, -0.25) is 0 Å². The van der Waals surface area contributed by atoms with Crippen molar-refractivity contribution in [1.82, 2.24) is 0 Å². The SMILES string of the molecule is C[C@@H]1O[C@](C)(CO)C(O)C1O. The number of aliphatic hydroxyl groups excluding tert-OH is 3. The minimum absolute atomic E-state index is 0.282. The Morgan fingerprint density at radius 2 is 2.00 bits per heavy atom. The van der Waals surface area contributed by atoms with Crippen LogP contribution in [0, 0.1) is 0 Å². The maximum absolute atomic E-state index is 9.35. The highest BCUT2D eigenvalue weighted by atomic mass is 16.6. The Labute approximate surface area is 65.4 Å². The molecular weight excluding hydrogens is 148 g/mol.